The molecule has 6 heteroatoms. The molecule has 0 spiro atoms. The van der Waals surface area contributed by atoms with Crippen LogP contribution in [0.2, 0.25) is 0 Å². The van der Waals surface area contributed by atoms with Gasteiger partial charge in [0.2, 0.25) is 5.91 Å². The van der Waals surface area contributed by atoms with Gasteiger partial charge in [-0.25, -0.2) is 0 Å². The highest BCUT2D eigenvalue weighted by molar-refractivity contribution is 5.93. The molecule has 2 fully saturated rings. The van der Waals surface area contributed by atoms with Crippen LogP contribution in [0, 0.1) is 11.3 Å². The largest absolute Gasteiger partial charge is 0.367 e. The number of amides is 1. The number of hydrogen-bond donors (Lipinski definition) is 0. The smallest absolute Gasteiger partial charge is 0.240 e. The van der Waals surface area contributed by atoms with Gasteiger partial charge in [0.05, 0.1) is 23.8 Å². The summed E-state index contributed by atoms with van der Waals surface area (Å²) in [5.74, 6) is 0.167. The molecule has 0 aliphatic carbocycles. The summed E-state index contributed by atoms with van der Waals surface area (Å²) in [6.45, 7) is 3.51. The molecule has 1 unspecified atom stereocenters. The van der Waals surface area contributed by atoms with Crippen molar-refractivity contribution in [3.8, 4) is 6.07 Å². The lowest BCUT2D eigenvalue weighted by Crippen LogP contribution is -2.53. The number of hydrogen-bond acceptors (Lipinski definition) is 5. The van der Waals surface area contributed by atoms with Crippen LogP contribution in [0.3, 0.4) is 0 Å². The first-order valence-corrected chi connectivity index (χ1v) is 9.98. The van der Waals surface area contributed by atoms with Gasteiger partial charge in [-0.1, -0.05) is 42.5 Å². The predicted octanol–water partition coefficient (Wildman–Crippen LogP) is 2.05. The fourth-order valence-electron chi connectivity index (χ4n) is 4.20. The van der Waals surface area contributed by atoms with Gasteiger partial charge in [-0.05, 0) is 17.7 Å². The van der Waals surface area contributed by atoms with Gasteiger partial charge in [-0.2, -0.15) is 5.26 Å². The molecule has 2 aromatic carbocycles. The summed E-state index contributed by atoms with van der Waals surface area (Å²) in [4.78, 5) is 31.3. The third-order valence-corrected chi connectivity index (χ3v) is 5.71. The van der Waals surface area contributed by atoms with Crippen LogP contribution in [0.1, 0.15) is 17.5 Å². The van der Waals surface area contributed by atoms with Crippen LogP contribution in [-0.2, 0) is 16.1 Å². The molecule has 0 saturated carbocycles. The third-order valence-electron chi connectivity index (χ3n) is 5.71. The zero-order valence-corrected chi connectivity index (χ0v) is 16.3. The Kier molecular flexibility index (Phi) is 5.59. The molecule has 2 heterocycles. The van der Waals surface area contributed by atoms with E-state index in [-0.39, 0.29) is 17.7 Å². The number of rotatable bonds is 4. The molecule has 2 aliphatic heterocycles. The second-order valence-electron chi connectivity index (χ2n) is 7.59. The fourth-order valence-corrected chi connectivity index (χ4v) is 4.20. The normalized spacial score (nSPS) is 20.0. The van der Waals surface area contributed by atoms with Crippen LogP contribution in [0.15, 0.2) is 54.6 Å². The molecule has 6 nitrogen and oxygen atoms in total. The lowest BCUT2D eigenvalue weighted by molar-refractivity contribution is -0.136. The molecule has 0 N–H and O–H groups in total. The van der Waals surface area contributed by atoms with Gasteiger partial charge in [0.15, 0.2) is 0 Å². The molecule has 4 rings (SSSR count). The van der Waals surface area contributed by atoms with Crippen LogP contribution < -0.4 is 4.90 Å². The van der Waals surface area contributed by atoms with Crippen LogP contribution >= 0.6 is 0 Å². The molecule has 29 heavy (non-hydrogen) atoms. The molecule has 1 atom stereocenters. The quantitative estimate of drug-likeness (QED) is 0.802. The Morgan fingerprint density at radius 1 is 1.00 bits per heavy atom. The molecular weight excluding hydrogens is 364 g/mol. The number of benzene rings is 2. The minimum atomic E-state index is -0.374. The second kappa shape index (κ2) is 8.46. The van der Waals surface area contributed by atoms with E-state index < -0.39 is 0 Å². The van der Waals surface area contributed by atoms with Gasteiger partial charge < -0.3 is 9.80 Å². The van der Waals surface area contributed by atoms with Crippen molar-refractivity contribution in [2.45, 2.75) is 19.0 Å². The molecule has 1 amide bonds. The summed E-state index contributed by atoms with van der Waals surface area (Å²) in [5.41, 5.74) is 2.68. The average molecular weight is 388 g/mol. The maximum absolute atomic E-state index is 13.2. The van der Waals surface area contributed by atoms with Crippen molar-refractivity contribution >= 4 is 17.4 Å². The number of carbonyl (C=O) groups is 2. The van der Waals surface area contributed by atoms with Crippen LogP contribution in [-0.4, -0.2) is 60.3 Å². The topological polar surface area (TPSA) is 67.6 Å². The summed E-state index contributed by atoms with van der Waals surface area (Å²) in [6, 6.07) is 19.4. The van der Waals surface area contributed by atoms with E-state index in [0.29, 0.717) is 51.3 Å². The van der Waals surface area contributed by atoms with Gasteiger partial charge in [0.25, 0.3) is 0 Å². The summed E-state index contributed by atoms with van der Waals surface area (Å²) in [5, 5.41) is 9.33. The fraction of sp³-hybridized carbons (Fsp3) is 0.348. The first-order chi connectivity index (χ1) is 14.2. The molecule has 2 saturated heterocycles. The van der Waals surface area contributed by atoms with Crippen LogP contribution in [0.5, 0.6) is 0 Å². The highest BCUT2D eigenvalue weighted by Gasteiger charge is 2.38. The summed E-state index contributed by atoms with van der Waals surface area (Å²) >= 11 is 0. The van der Waals surface area contributed by atoms with Gasteiger partial charge >= 0.3 is 0 Å². The van der Waals surface area contributed by atoms with Gasteiger partial charge in [-0.15, -0.1) is 0 Å². The Hall–Kier alpha value is -3.17. The summed E-state index contributed by atoms with van der Waals surface area (Å²) < 4.78 is 0. The van der Waals surface area contributed by atoms with E-state index >= 15 is 0 Å². The van der Waals surface area contributed by atoms with E-state index in [4.69, 9.17) is 0 Å². The van der Waals surface area contributed by atoms with E-state index in [1.54, 1.807) is 0 Å². The minimum absolute atomic E-state index is 0.0417. The number of Topliss-reactive ketones (excluding diaryl/α,β-unsaturated/α-hetero) is 1. The Morgan fingerprint density at radius 2 is 1.69 bits per heavy atom. The van der Waals surface area contributed by atoms with Crippen molar-refractivity contribution in [3.63, 3.8) is 0 Å². The molecule has 148 valence electrons. The molecule has 0 radical (unpaired) electrons. The van der Waals surface area contributed by atoms with Crippen molar-refractivity contribution < 1.29 is 9.59 Å². The number of carbonyl (C=O) groups excluding carboxylic acids is 2. The third kappa shape index (κ3) is 4.15. The number of nitrogens with zero attached hydrogens (tertiary/aromatic N) is 4. The maximum Gasteiger partial charge on any atom is 0.240 e. The van der Waals surface area contributed by atoms with E-state index in [1.165, 1.54) is 0 Å². The molecule has 2 aromatic rings. The SMILES string of the molecule is N#Cc1ccccc1N1CCN(C(=O)C2CC(=O)CN2Cc2ccccc2)CC1. The van der Waals surface area contributed by atoms with Crippen LogP contribution in [0.4, 0.5) is 5.69 Å². The monoisotopic (exact) mass is 388 g/mol. The van der Waals surface area contributed by atoms with Crippen molar-refractivity contribution in [1.29, 1.82) is 5.26 Å². The van der Waals surface area contributed by atoms with Gasteiger partial charge in [0.1, 0.15) is 11.9 Å². The number of piperazine rings is 1. The minimum Gasteiger partial charge on any atom is -0.367 e. The highest BCUT2D eigenvalue weighted by Crippen LogP contribution is 2.24. The Bertz CT molecular complexity index is 929. The zero-order chi connectivity index (χ0) is 20.2. The van der Waals surface area contributed by atoms with E-state index in [9.17, 15) is 14.9 Å². The first-order valence-electron chi connectivity index (χ1n) is 9.98. The second-order valence-corrected chi connectivity index (χ2v) is 7.59. The highest BCUT2D eigenvalue weighted by atomic mass is 16.2. The molecule has 0 bridgehead atoms. The van der Waals surface area contributed by atoms with E-state index in [2.05, 4.69) is 11.0 Å². The molecule has 0 aromatic heterocycles. The number of ketones is 1. The Labute approximate surface area is 170 Å². The lowest BCUT2D eigenvalue weighted by atomic mass is 10.1. The average Bonchev–Trinajstić information content (AvgIpc) is 3.14. The summed E-state index contributed by atoms with van der Waals surface area (Å²) in [6.07, 6.45) is 0.295. The first kappa shape index (κ1) is 19.2. The van der Waals surface area contributed by atoms with Crippen molar-refractivity contribution in [3.05, 3.63) is 65.7 Å². The number of para-hydroxylation sites is 1. The van der Waals surface area contributed by atoms with E-state index in [0.717, 1.165) is 11.3 Å². The Morgan fingerprint density at radius 3 is 2.41 bits per heavy atom. The zero-order valence-electron chi connectivity index (χ0n) is 16.3. The number of likely N-dealkylation sites (tertiary alicyclic amines) is 1. The summed E-state index contributed by atoms with van der Waals surface area (Å²) in [7, 11) is 0. The predicted molar refractivity (Wildman–Crippen MR) is 110 cm³/mol. The van der Waals surface area contributed by atoms with Crippen LogP contribution in [0.25, 0.3) is 0 Å². The van der Waals surface area contributed by atoms with E-state index in [1.807, 2.05) is 64.4 Å². The Balaban J connectivity index is 1.41. The van der Waals surface area contributed by atoms with Gasteiger partial charge in [-0.3, -0.25) is 14.5 Å². The standard InChI is InChI=1S/C23H24N4O2/c24-15-19-8-4-5-9-21(19)25-10-12-26(13-11-25)23(29)22-14-20(28)17-27(22)16-18-6-2-1-3-7-18/h1-9,22H,10-14,16-17H2. The molecule has 2 aliphatic rings. The maximum atomic E-state index is 13.2. The number of anilines is 1. The van der Waals surface area contributed by atoms with Crippen molar-refractivity contribution in [2.75, 3.05) is 37.6 Å². The number of nitriles is 1. The lowest BCUT2D eigenvalue weighted by Gasteiger charge is -2.38. The van der Waals surface area contributed by atoms with Gasteiger partial charge in [0, 0.05) is 39.1 Å². The molecular formula is C23H24N4O2. The van der Waals surface area contributed by atoms with Crippen molar-refractivity contribution in [1.82, 2.24) is 9.80 Å². The van der Waals surface area contributed by atoms with Crippen molar-refractivity contribution in [2.24, 2.45) is 0 Å².